The molecule has 0 aliphatic heterocycles. The lowest BCUT2D eigenvalue weighted by atomic mass is 9.29. The molecule has 8 unspecified atom stereocenters. The van der Waals surface area contributed by atoms with Gasteiger partial charge in [0.1, 0.15) is 0 Å². The van der Waals surface area contributed by atoms with Crippen molar-refractivity contribution in [3.63, 3.8) is 0 Å². The Labute approximate surface area is 201 Å². The summed E-state index contributed by atoms with van der Waals surface area (Å²) in [5, 5.41) is 0. The first-order chi connectivity index (χ1) is 14.9. The Kier molecular flexibility index (Phi) is 5.75. The largest absolute Gasteiger partial charge is 0.0620 e. The van der Waals surface area contributed by atoms with Crippen LogP contribution in [0.2, 0.25) is 0 Å². The van der Waals surface area contributed by atoms with E-state index in [1.807, 2.05) is 0 Å². The van der Waals surface area contributed by atoms with Gasteiger partial charge in [-0.2, -0.15) is 0 Å². The van der Waals surface area contributed by atoms with E-state index in [1.165, 1.54) is 0 Å². The maximum Gasteiger partial charge on any atom is -0.0312 e. The van der Waals surface area contributed by atoms with E-state index in [4.69, 9.17) is 0 Å². The van der Waals surface area contributed by atoms with Crippen LogP contribution in [0.3, 0.4) is 0 Å². The predicted octanol–water partition coefficient (Wildman–Crippen LogP) is 8.62. The Morgan fingerprint density at radius 3 is 0.406 bits per heavy atom. The Hall–Kier alpha value is 0. The van der Waals surface area contributed by atoms with Crippen LogP contribution >= 0.6 is 0 Å². The molecule has 0 saturated heterocycles. The van der Waals surface area contributed by atoms with Crippen LogP contribution in [0.5, 0.6) is 0 Å². The van der Waals surface area contributed by atoms with Crippen molar-refractivity contribution < 1.29 is 0 Å². The van der Waals surface area contributed by atoms with Crippen molar-refractivity contribution in [1.29, 1.82) is 0 Å². The minimum Gasteiger partial charge on any atom is -0.0620 e. The van der Waals surface area contributed by atoms with E-state index in [1.54, 1.807) is 0 Å². The molecule has 0 aromatic heterocycles. The van der Waals surface area contributed by atoms with Gasteiger partial charge in [-0.15, -0.1) is 0 Å². The van der Waals surface area contributed by atoms with E-state index < -0.39 is 0 Å². The van der Waals surface area contributed by atoms with E-state index in [0.29, 0.717) is 0 Å². The molecule has 32 heavy (non-hydrogen) atoms. The molecule has 5 aliphatic rings. The number of hydrogen-bond donors (Lipinski definition) is 0. The molecule has 0 radical (unpaired) electrons. The molecule has 5 saturated carbocycles. The van der Waals surface area contributed by atoms with Gasteiger partial charge in [0, 0.05) is 0 Å². The monoisotopic (exact) mass is 440 g/mol. The van der Waals surface area contributed by atoms with Crippen molar-refractivity contribution in [3.05, 3.63) is 0 Å². The van der Waals surface area contributed by atoms with Crippen molar-refractivity contribution in [1.82, 2.24) is 0 Å². The summed E-state index contributed by atoms with van der Waals surface area (Å²) in [4.78, 5) is 0. The lowest BCUT2D eigenvalue weighted by molar-refractivity contribution is -0.283. The van der Waals surface area contributed by atoms with Crippen LogP contribution < -0.4 is 0 Å². The van der Waals surface area contributed by atoms with E-state index in [0.717, 1.165) is 118 Å². The Morgan fingerprint density at radius 2 is 0.281 bits per heavy atom. The van der Waals surface area contributed by atoms with Crippen LogP contribution in [-0.2, 0) is 0 Å². The molecule has 5 aliphatic carbocycles. The highest BCUT2D eigenvalue weighted by Crippen LogP contribution is 2.75. The quantitative estimate of drug-likeness (QED) is 0.410. The minimum absolute atomic E-state index is 0.937. The summed E-state index contributed by atoms with van der Waals surface area (Å²) < 4.78 is 0. The van der Waals surface area contributed by atoms with E-state index in [-0.39, 0.29) is 0 Å². The zero-order chi connectivity index (χ0) is 23.5. The van der Waals surface area contributed by atoms with Gasteiger partial charge < -0.3 is 0 Å². The number of rotatable bonds is 4. The van der Waals surface area contributed by atoms with Gasteiger partial charge in [-0.05, 0) is 118 Å². The molecule has 5 rings (SSSR count). The molecule has 5 fully saturated rings. The highest BCUT2D eigenvalue weighted by atomic mass is 14.8. The third-order valence-corrected chi connectivity index (χ3v) is 15.0. The molecule has 0 spiro atoms. The molecule has 0 N–H and O–H groups in total. The molecule has 0 bridgehead atoms. The molecule has 0 heterocycles. The van der Waals surface area contributed by atoms with Gasteiger partial charge in [0.05, 0.1) is 0 Å². The Morgan fingerprint density at radius 1 is 0.156 bits per heavy atom. The van der Waals surface area contributed by atoms with Crippen molar-refractivity contribution in [2.75, 3.05) is 0 Å². The lowest BCUT2D eigenvalue weighted by Gasteiger charge is -2.75. The molecule has 0 amide bonds. The van der Waals surface area contributed by atoms with Crippen LogP contribution in [-0.4, -0.2) is 0 Å². The van der Waals surface area contributed by atoms with Gasteiger partial charge in [0.2, 0.25) is 0 Å². The summed E-state index contributed by atoms with van der Waals surface area (Å²) in [5.41, 5.74) is 0. The van der Waals surface area contributed by atoms with Gasteiger partial charge in [-0.3, -0.25) is 0 Å². The standard InChI is InChI=1S/C32H56/c1-13-17(5)25(18(13)6)29-30(26-19(7)14(2)20(26)8)32(28-23(11)16(4)24(28)12)31(29)27-21(9)15(3)22(27)10/h13-32H,1-12H3. The molecule has 0 heteroatoms. The Balaban J connectivity index is 1.54. The third-order valence-electron chi connectivity index (χ3n) is 15.0. The van der Waals surface area contributed by atoms with E-state index in [2.05, 4.69) is 83.1 Å². The summed E-state index contributed by atoms with van der Waals surface area (Å²) in [7, 11) is 0. The zero-order valence-corrected chi connectivity index (χ0v) is 23.5. The second-order valence-electron chi connectivity index (χ2n) is 14.9. The SMILES string of the molecule is CC1C(C)C(C2C(C3C(C)C(C)C3C)C(C3C(C)C(C)C3C)C2C2C(C)C(C)C2C)C1C. The summed E-state index contributed by atoms with van der Waals surface area (Å²) in [6.45, 7) is 31.2. The van der Waals surface area contributed by atoms with Crippen LogP contribution in [0.1, 0.15) is 83.1 Å². The summed E-state index contributed by atoms with van der Waals surface area (Å²) in [6.07, 6.45) is 0. The van der Waals surface area contributed by atoms with Gasteiger partial charge in [-0.25, -0.2) is 0 Å². The third kappa shape index (κ3) is 2.74. The van der Waals surface area contributed by atoms with E-state index >= 15 is 0 Å². The van der Waals surface area contributed by atoms with Crippen molar-refractivity contribution in [3.8, 4) is 0 Å². The van der Waals surface area contributed by atoms with Gasteiger partial charge in [0.15, 0.2) is 0 Å². The summed E-state index contributed by atoms with van der Waals surface area (Å²) in [5.74, 6) is 19.5. The van der Waals surface area contributed by atoms with Crippen molar-refractivity contribution >= 4 is 0 Å². The zero-order valence-electron chi connectivity index (χ0n) is 23.5. The molecule has 0 nitrogen and oxygen atoms in total. The van der Waals surface area contributed by atoms with Crippen LogP contribution in [0.25, 0.3) is 0 Å². The second kappa shape index (κ2) is 7.75. The van der Waals surface area contributed by atoms with Gasteiger partial charge >= 0.3 is 0 Å². The fourth-order valence-electron chi connectivity index (χ4n) is 11.8. The lowest BCUT2D eigenvalue weighted by Crippen LogP contribution is -2.71. The second-order valence-corrected chi connectivity index (χ2v) is 14.9. The smallest absolute Gasteiger partial charge is 0.0312 e. The average Bonchev–Trinajstić information content (AvgIpc) is 2.81. The fraction of sp³-hybridized carbons (Fsp3) is 1.00. The topological polar surface area (TPSA) is 0 Å². The van der Waals surface area contributed by atoms with Crippen LogP contribution in [0.4, 0.5) is 0 Å². The molecule has 0 aromatic rings. The maximum atomic E-state index is 2.62. The molecular weight excluding hydrogens is 384 g/mol. The van der Waals surface area contributed by atoms with Crippen LogP contribution in [0.15, 0.2) is 0 Å². The Bertz CT molecular complexity index is 541. The molecule has 0 aromatic carbocycles. The maximum absolute atomic E-state index is 2.62. The predicted molar refractivity (Wildman–Crippen MR) is 138 cm³/mol. The van der Waals surface area contributed by atoms with Crippen molar-refractivity contribution in [2.24, 2.45) is 118 Å². The highest BCUT2D eigenvalue weighted by Gasteiger charge is 2.70. The van der Waals surface area contributed by atoms with Gasteiger partial charge in [-0.1, -0.05) is 83.1 Å². The highest BCUT2D eigenvalue weighted by molar-refractivity contribution is 5.18. The minimum atomic E-state index is 0.937. The first kappa shape index (κ1) is 23.7. The first-order valence-corrected chi connectivity index (χ1v) is 14.9. The van der Waals surface area contributed by atoms with Crippen LogP contribution in [0, 0.1) is 118 Å². The molecule has 184 valence electrons. The van der Waals surface area contributed by atoms with Crippen molar-refractivity contribution in [2.45, 2.75) is 83.1 Å². The normalized spacial score (nSPS) is 68.6. The van der Waals surface area contributed by atoms with Gasteiger partial charge in [0.25, 0.3) is 0 Å². The summed E-state index contributed by atoms with van der Waals surface area (Å²) in [6, 6.07) is 0. The average molecular weight is 441 g/mol. The molecule has 8 atom stereocenters. The molecular formula is C32H56. The summed E-state index contributed by atoms with van der Waals surface area (Å²) >= 11 is 0. The first-order valence-electron chi connectivity index (χ1n) is 14.9. The number of hydrogen-bond acceptors (Lipinski definition) is 0. The van der Waals surface area contributed by atoms with E-state index in [9.17, 15) is 0 Å². The fourth-order valence-corrected chi connectivity index (χ4v) is 11.8.